The number of piperazine rings is 1. The van der Waals surface area contributed by atoms with Gasteiger partial charge in [-0.3, -0.25) is 4.79 Å². The molecule has 0 unspecified atom stereocenters. The minimum absolute atomic E-state index is 0.0692. The number of nitrogens with zero attached hydrogens (tertiary/aromatic N) is 4. The van der Waals surface area contributed by atoms with Crippen LogP contribution in [0.1, 0.15) is 19.9 Å². The maximum Gasteiger partial charge on any atom is 0.246 e. The first kappa shape index (κ1) is 22.8. The molecule has 0 aliphatic carbocycles. The van der Waals surface area contributed by atoms with Gasteiger partial charge in [0.25, 0.3) is 0 Å². The van der Waals surface area contributed by atoms with E-state index in [1.54, 1.807) is 4.90 Å². The molecule has 2 aromatic carbocycles. The van der Waals surface area contributed by atoms with Gasteiger partial charge in [-0.1, -0.05) is 36.0 Å². The number of carbonyl (C=O) groups excluding carboxylic acids is 1. The van der Waals surface area contributed by atoms with E-state index in [1.165, 1.54) is 34.3 Å². The summed E-state index contributed by atoms with van der Waals surface area (Å²) in [5, 5.41) is 0.787. The van der Waals surface area contributed by atoms with Crippen molar-refractivity contribution in [2.75, 3.05) is 31.9 Å². The zero-order chi connectivity index (χ0) is 22.9. The number of thioether (sulfide) groups is 1. The molecule has 1 fully saturated rings. The smallest absolute Gasteiger partial charge is 0.246 e. The summed E-state index contributed by atoms with van der Waals surface area (Å²) in [6.07, 6.45) is 0. The molecule has 0 N–H and O–H groups in total. The normalized spacial score (nSPS) is 15.6. The van der Waals surface area contributed by atoms with Crippen LogP contribution < -0.4 is 0 Å². The van der Waals surface area contributed by atoms with Gasteiger partial charge in [-0.2, -0.15) is 4.31 Å². The predicted molar refractivity (Wildman–Crippen MR) is 123 cm³/mol. The van der Waals surface area contributed by atoms with Crippen LogP contribution >= 0.6 is 11.8 Å². The number of hydrogen-bond acceptors (Lipinski definition) is 5. The lowest BCUT2D eigenvalue weighted by molar-refractivity contribution is -0.129. The molecule has 1 aliphatic rings. The van der Waals surface area contributed by atoms with Gasteiger partial charge >= 0.3 is 0 Å². The van der Waals surface area contributed by atoms with E-state index in [-0.39, 0.29) is 48.8 Å². The first-order chi connectivity index (χ1) is 15.3. The zero-order valence-electron chi connectivity index (χ0n) is 17.9. The fraction of sp³-hybridized carbons (Fsp3) is 0.364. The first-order valence-electron chi connectivity index (χ1n) is 10.4. The monoisotopic (exact) mass is 476 g/mol. The van der Waals surface area contributed by atoms with Crippen molar-refractivity contribution in [3.63, 3.8) is 0 Å². The largest absolute Gasteiger partial charge is 0.339 e. The van der Waals surface area contributed by atoms with Crippen molar-refractivity contribution in [2.45, 2.75) is 29.9 Å². The van der Waals surface area contributed by atoms with Gasteiger partial charge in [0.1, 0.15) is 10.7 Å². The van der Waals surface area contributed by atoms with E-state index in [0.717, 1.165) is 22.3 Å². The maximum atomic E-state index is 14.0. The summed E-state index contributed by atoms with van der Waals surface area (Å²) in [7, 11) is -3.93. The Morgan fingerprint density at radius 3 is 2.41 bits per heavy atom. The van der Waals surface area contributed by atoms with Crippen LogP contribution in [0.2, 0.25) is 0 Å². The van der Waals surface area contributed by atoms with Crippen LogP contribution in [-0.2, 0) is 14.8 Å². The Kier molecular flexibility index (Phi) is 6.55. The minimum atomic E-state index is -3.93. The maximum absolute atomic E-state index is 14.0. The molecule has 0 atom stereocenters. The van der Waals surface area contributed by atoms with Crippen LogP contribution in [0.25, 0.3) is 11.0 Å². The van der Waals surface area contributed by atoms with Crippen LogP contribution in [0.4, 0.5) is 4.39 Å². The molecule has 0 saturated carbocycles. The van der Waals surface area contributed by atoms with E-state index < -0.39 is 15.8 Å². The Labute approximate surface area is 191 Å². The van der Waals surface area contributed by atoms with Gasteiger partial charge in [-0.05, 0) is 38.1 Å². The quantitative estimate of drug-likeness (QED) is 0.510. The molecule has 0 radical (unpaired) electrons. The molecule has 1 saturated heterocycles. The summed E-state index contributed by atoms with van der Waals surface area (Å²) in [6.45, 7) is 4.97. The lowest BCUT2D eigenvalue weighted by atomic mass is 10.3. The van der Waals surface area contributed by atoms with Gasteiger partial charge in [0.15, 0.2) is 5.16 Å². The molecule has 1 aliphatic heterocycles. The molecule has 170 valence electrons. The molecule has 1 aromatic heterocycles. The Morgan fingerprint density at radius 1 is 1.06 bits per heavy atom. The second-order valence-corrected chi connectivity index (χ2v) is 10.7. The number of hydrogen-bond donors (Lipinski definition) is 0. The molecule has 0 bridgehead atoms. The third-order valence-electron chi connectivity index (χ3n) is 5.45. The second kappa shape index (κ2) is 9.21. The molecule has 0 spiro atoms. The van der Waals surface area contributed by atoms with Crippen molar-refractivity contribution in [3.8, 4) is 0 Å². The van der Waals surface area contributed by atoms with Gasteiger partial charge < -0.3 is 9.47 Å². The molecule has 4 rings (SSSR count). The number of imidazole rings is 1. The van der Waals surface area contributed by atoms with Gasteiger partial charge in [-0.15, -0.1) is 0 Å². The third-order valence-corrected chi connectivity index (χ3v) is 8.32. The Morgan fingerprint density at radius 2 is 1.72 bits per heavy atom. The van der Waals surface area contributed by atoms with Crippen LogP contribution in [0, 0.1) is 5.82 Å². The summed E-state index contributed by atoms with van der Waals surface area (Å²) in [4.78, 5) is 18.8. The second-order valence-electron chi connectivity index (χ2n) is 7.85. The summed E-state index contributed by atoms with van der Waals surface area (Å²) in [6, 6.07) is 13.4. The van der Waals surface area contributed by atoms with E-state index in [9.17, 15) is 17.6 Å². The minimum Gasteiger partial charge on any atom is -0.339 e. The SMILES string of the molecule is CC(C)n1c(SCC(=O)N2CCN(S(=O)(=O)c3ccccc3F)CC2)nc2ccccc21. The molecule has 2 heterocycles. The number of halogens is 1. The van der Waals surface area contributed by atoms with Gasteiger partial charge in [0.05, 0.1) is 16.8 Å². The van der Waals surface area contributed by atoms with Crippen molar-refractivity contribution >= 4 is 38.7 Å². The van der Waals surface area contributed by atoms with Crippen LogP contribution in [0.5, 0.6) is 0 Å². The summed E-state index contributed by atoms with van der Waals surface area (Å²) < 4.78 is 42.8. The Balaban J connectivity index is 1.39. The van der Waals surface area contributed by atoms with Gasteiger partial charge in [0.2, 0.25) is 15.9 Å². The van der Waals surface area contributed by atoms with E-state index in [4.69, 9.17) is 0 Å². The Bertz CT molecular complexity index is 1230. The molecule has 3 aromatic rings. The fourth-order valence-electron chi connectivity index (χ4n) is 3.81. The molecule has 7 nitrogen and oxygen atoms in total. The van der Waals surface area contributed by atoms with Crippen LogP contribution in [0.3, 0.4) is 0 Å². The average molecular weight is 477 g/mol. The van der Waals surface area contributed by atoms with Crippen molar-refractivity contribution in [1.82, 2.24) is 18.8 Å². The fourth-order valence-corrected chi connectivity index (χ4v) is 6.35. The van der Waals surface area contributed by atoms with Crippen LogP contribution in [-0.4, -0.2) is 65.0 Å². The number of rotatable bonds is 6. The van der Waals surface area contributed by atoms with Crippen LogP contribution in [0.15, 0.2) is 58.6 Å². The number of para-hydroxylation sites is 2. The van der Waals surface area contributed by atoms with Crippen molar-refractivity contribution in [3.05, 3.63) is 54.3 Å². The molecular weight excluding hydrogens is 451 g/mol. The van der Waals surface area contributed by atoms with E-state index in [0.29, 0.717) is 0 Å². The number of amides is 1. The molecule has 1 amide bonds. The summed E-state index contributed by atoms with van der Waals surface area (Å²) in [5.41, 5.74) is 1.92. The van der Waals surface area contributed by atoms with Crippen molar-refractivity contribution in [2.24, 2.45) is 0 Å². The molecular formula is C22H25FN4O3S2. The highest BCUT2D eigenvalue weighted by atomic mass is 32.2. The molecule has 10 heteroatoms. The standard InChI is InChI=1S/C22H25FN4O3S2/c1-16(2)27-19-9-5-4-8-18(19)24-22(27)31-15-21(28)25-11-13-26(14-12-25)32(29,30)20-10-6-3-7-17(20)23/h3-10,16H,11-15H2,1-2H3. The zero-order valence-corrected chi connectivity index (χ0v) is 19.6. The van der Waals surface area contributed by atoms with Gasteiger partial charge in [-0.25, -0.2) is 17.8 Å². The lowest BCUT2D eigenvalue weighted by Gasteiger charge is -2.34. The highest BCUT2D eigenvalue weighted by Gasteiger charge is 2.31. The van der Waals surface area contributed by atoms with Crippen molar-refractivity contribution < 1.29 is 17.6 Å². The lowest BCUT2D eigenvalue weighted by Crippen LogP contribution is -2.51. The highest BCUT2D eigenvalue weighted by molar-refractivity contribution is 7.99. The van der Waals surface area contributed by atoms with E-state index in [2.05, 4.69) is 23.4 Å². The number of benzene rings is 2. The average Bonchev–Trinajstić information content (AvgIpc) is 3.16. The number of sulfonamides is 1. The summed E-state index contributed by atoms with van der Waals surface area (Å²) >= 11 is 1.39. The molecule has 32 heavy (non-hydrogen) atoms. The third kappa shape index (κ3) is 4.39. The number of aromatic nitrogens is 2. The van der Waals surface area contributed by atoms with E-state index >= 15 is 0 Å². The topological polar surface area (TPSA) is 75.5 Å². The number of fused-ring (bicyclic) bond motifs is 1. The Hall–Kier alpha value is -2.43. The summed E-state index contributed by atoms with van der Waals surface area (Å²) in [5.74, 6) is -0.619. The van der Waals surface area contributed by atoms with E-state index in [1.807, 2.05) is 24.3 Å². The van der Waals surface area contributed by atoms with Crippen molar-refractivity contribution in [1.29, 1.82) is 0 Å². The van der Waals surface area contributed by atoms with Gasteiger partial charge in [0, 0.05) is 32.2 Å². The highest BCUT2D eigenvalue weighted by Crippen LogP contribution is 2.28. The first-order valence-corrected chi connectivity index (χ1v) is 12.8. The number of carbonyl (C=O) groups is 1. The predicted octanol–water partition coefficient (Wildman–Crippen LogP) is 3.38.